The molecule has 8 nitrogen and oxygen atoms in total. The number of carbonyl (C=O) groups is 2. The van der Waals surface area contributed by atoms with Crippen molar-refractivity contribution in [2.45, 2.75) is 75.9 Å². The van der Waals surface area contributed by atoms with Gasteiger partial charge in [-0.05, 0) is 62.1 Å². The number of benzene rings is 3. The number of anilines is 1. The molecule has 1 aliphatic carbocycles. The quantitative estimate of drug-likeness (QED) is 0.262. The molecule has 43 heavy (non-hydrogen) atoms. The number of amides is 2. The molecule has 0 bridgehead atoms. The second-order valence-corrected chi connectivity index (χ2v) is 13.2. The van der Waals surface area contributed by atoms with Crippen molar-refractivity contribution in [1.82, 2.24) is 10.2 Å². The lowest BCUT2D eigenvalue weighted by molar-refractivity contribution is -0.140. The van der Waals surface area contributed by atoms with Gasteiger partial charge in [-0.15, -0.1) is 0 Å². The lowest BCUT2D eigenvalue weighted by atomic mass is 9.95. The number of nitrogens with zero attached hydrogens (tertiary/aromatic N) is 2. The number of hydrogen-bond acceptors (Lipinski definition) is 5. The summed E-state index contributed by atoms with van der Waals surface area (Å²) in [4.78, 5) is 29.5. The third-order valence-corrected chi connectivity index (χ3v) is 9.84. The molecule has 1 unspecified atom stereocenters. The summed E-state index contributed by atoms with van der Waals surface area (Å²) < 4.78 is 34.8. The third kappa shape index (κ3) is 8.09. The molecule has 230 valence electrons. The molecule has 1 aliphatic rings. The fraction of sp³-hybridized carbons (Fsp3) is 0.394. The van der Waals surface area contributed by atoms with Crippen LogP contribution >= 0.6 is 11.6 Å². The van der Waals surface area contributed by atoms with Crippen LogP contribution < -0.4 is 14.4 Å². The van der Waals surface area contributed by atoms with E-state index in [1.54, 1.807) is 24.3 Å². The minimum Gasteiger partial charge on any atom is -0.495 e. The molecule has 2 amide bonds. The van der Waals surface area contributed by atoms with Crippen molar-refractivity contribution >= 4 is 39.1 Å². The van der Waals surface area contributed by atoms with E-state index in [1.165, 1.54) is 30.2 Å². The van der Waals surface area contributed by atoms with Crippen LogP contribution in [0, 0.1) is 6.92 Å². The summed E-state index contributed by atoms with van der Waals surface area (Å²) >= 11 is 6.32. The summed E-state index contributed by atoms with van der Waals surface area (Å²) in [5.74, 6) is -0.510. The first kappa shape index (κ1) is 32.4. The molecule has 10 heteroatoms. The Bertz CT molecular complexity index is 1490. The number of carbonyl (C=O) groups excluding carboxylic acids is 2. The number of hydrogen-bond donors (Lipinski definition) is 1. The Labute approximate surface area is 260 Å². The number of methoxy groups -OCH3 is 1. The highest BCUT2D eigenvalue weighted by molar-refractivity contribution is 7.92. The predicted molar refractivity (Wildman–Crippen MR) is 170 cm³/mol. The number of rotatable bonds is 12. The lowest BCUT2D eigenvalue weighted by Gasteiger charge is -2.34. The van der Waals surface area contributed by atoms with Crippen LogP contribution in [0.25, 0.3) is 0 Å². The normalized spacial score (nSPS) is 14.5. The minimum atomic E-state index is -4.25. The Morgan fingerprint density at radius 1 is 1.00 bits per heavy atom. The Morgan fingerprint density at radius 3 is 2.30 bits per heavy atom. The van der Waals surface area contributed by atoms with Crippen LogP contribution in [0.3, 0.4) is 0 Å². The van der Waals surface area contributed by atoms with E-state index < -0.39 is 28.5 Å². The highest BCUT2D eigenvalue weighted by atomic mass is 35.5. The standard InChI is InChI=1S/C33H40ClN3O5S/c1-4-29(33(39)35-27-13-9-6-10-14-27)36(22-25-11-7-5-8-12-25)32(38)23-37(30-21-26(34)17-20-31(30)42-3)43(40,41)28-18-15-24(2)16-19-28/h5,7-8,11-12,15-21,27,29H,4,6,9-10,13-14,22-23H2,1-3H3,(H,35,39). The second-order valence-electron chi connectivity index (χ2n) is 10.9. The molecule has 1 fully saturated rings. The van der Waals surface area contributed by atoms with E-state index in [-0.39, 0.29) is 39.8 Å². The zero-order chi connectivity index (χ0) is 31.0. The molecule has 0 heterocycles. The fourth-order valence-corrected chi connectivity index (χ4v) is 7.04. The van der Waals surface area contributed by atoms with E-state index in [0.29, 0.717) is 6.42 Å². The Balaban J connectivity index is 1.74. The number of ether oxygens (including phenoxy) is 1. The van der Waals surface area contributed by atoms with E-state index >= 15 is 0 Å². The van der Waals surface area contributed by atoms with Crippen LogP contribution in [0.2, 0.25) is 5.02 Å². The van der Waals surface area contributed by atoms with Gasteiger partial charge in [0.15, 0.2) is 0 Å². The molecule has 1 N–H and O–H groups in total. The SMILES string of the molecule is CCC(C(=O)NC1CCCCC1)N(Cc1ccccc1)C(=O)CN(c1cc(Cl)ccc1OC)S(=O)(=O)c1ccc(C)cc1. The Morgan fingerprint density at radius 2 is 1.67 bits per heavy atom. The first-order chi connectivity index (χ1) is 20.6. The molecule has 0 radical (unpaired) electrons. The smallest absolute Gasteiger partial charge is 0.264 e. The van der Waals surface area contributed by atoms with E-state index in [0.717, 1.165) is 47.5 Å². The molecular weight excluding hydrogens is 586 g/mol. The maximum absolute atomic E-state index is 14.3. The van der Waals surface area contributed by atoms with Gasteiger partial charge < -0.3 is 15.0 Å². The summed E-state index contributed by atoms with van der Waals surface area (Å²) in [6, 6.07) is 19.7. The summed E-state index contributed by atoms with van der Waals surface area (Å²) in [6.07, 6.45) is 5.45. The van der Waals surface area contributed by atoms with E-state index in [1.807, 2.05) is 44.2 Å². The Hall–Kier alpha value is -3.56. The van der Waals surface area contributed by atoms with Gasteiger partial charge in [-0.25, -0.2) is 8.42 Å². The van der Waals surface area contributed by atoms with E-state index in [9.17, 15) is 18.0 Å². The summed E-state index contributed by atoms with van der Waals surface area (Å²) in [5, 5.41) is 3.45. The minimum absolute atomic E-state index is 0.0182. The van der Waals surface area contributed by atoms with Gasteiger partial charge in [0, 0.05) is 17.6 Å². The lowest BCUT2D eigenvalue weighted by Crippen LogP contribution is -2.54. The molecule has 0 aliphatic heterocycles. The zero-order valence-corrected chi connectivity index (χ0v) is 26.5. The zero-order valence-electron chi connectivity index (χ0n) is 25.0. The van der Waals surface area contributed by atoms with Gasteiger partial charge in [0.25, 0.3) is 10.0 Å². The maximum atomic E-state index is 14.3. The van der Waals surface area contributed by atoms with Crippen LogP contribution in [0.1, 0.15) is 56.6 Å². The summed E-state index contributed by atoms with van der Waals surface area (Å²) in [5.41, 5.74) is 1.85. The molecule has 3 aromatic rings. The molecule has 0 saturated heterocycles. The van der Waals surface area contributed by atoms with Crippen LogP contribution in [0.15, 0.2) is 77.7 Å². The van der Waals surface area contributed by atoms with Crippen molar-refractivity contribution in [2.24, 2.45) is 0 Å². The molecule has 1 atom stereocenters. The molecule has 1 saturated carbocycles. The largest absolute Gasteiger partial charge is 0.495 e. The maximum Gasteiger partial charge on any atom is 0.264 e. The molecule has 0 spiro atoms. The van der Waals surface area contributed by atoms with Crippen LogP contribution in [-0.2, 0) is 26.2 Å². The Kier molecular flexibility index (Phi) is 11.1. The van der Waals surface area contributed by atoms with Gasteiger partial charge in [-0.3, -0.25) is 13.9 Å². The predicted octanol–water partition coefficient (Wildman–Crippen LogP) is 6.11. The highest BCUT2D eigenvalue weighted by Gasteiger charge is 2.35. The number of sulfonamides is 1. The fourth-order valence-electron chi connectivity index (χ4n) is 5.45. The molecule has 0 aromatic heterocycles. The van der Waals surface area contributed by atoms with Crippen molar-refractivity contribution in [2.75, 3.05) is 18.0 Å². The van der Waals surface area contributed by atoms with Crippen molar-refractivity contribution < 1.29 is 22.7 Å². The van der Waals surface area contributed by atoms with Gasteiger partial charge in [0.1, 0.15) is 18.3 Å². The van der Waals surface area contributed by atoms with Crippen molar-refractivity contribution in [3.63, 3.8) is 0 Å². The van der Waals surface area contributed by atoms with Crippen molar-refractivity contribution in [3.05, 3.63) is 88.9 Å². The summed E-state index contributed by atoms with van der Waals surface area (Å²) in [6.45, 7) is 3.30. The molecular formula is C33H40ClN3O5S. The van der Waals surface area contributed by atoms with Crippen LogP contribution in [-0.4, -0.2) is 50.9 Å². The van der Waals surface area contributed by atoms with Crippen molar-refractivity contribution in [1.29, 1.82) is 0 Å². The van der Waals surface area contributed by atoms with Gasteiger partial charge >= 0.3 is 0 Å². The number of nitrogens with one attached hydrogen (secondary N) is 1. The van der Waals surface area contributed by atoms with E-state index in [2.05, 4.69) is 5.32 Å². The number of aryl methyl sites for hydroxylation is 1. The highest BCUT2D eigenvalue weighted by Crippen LogP contribution is 2.35. The number of halogens is 1. The molecule has 3 aromatic carbocycles. The third-order valence-electron chi connectivity index (χ3n) is 7.83. The second kappa shape index (κ2) is 14.8. The summed E-state index contributed by atoms with van der Waals surface area (Å²) in [7, 11) is -2.82. The van der Waals surface area contributed by atoms with Crippen LogP contribution in [0.4, 0.5) is 5.69 Å². The van der Waals surface area contributed by atoms with Gasteiger partial charge in [-0.2, -0.15) is 0 Å². The monoisotopic (exact) mass is 625 g/mol. The first-order valence-electron chi connectivity index (χ1n) is 14.7. The average molecular weight is 626 g/mol. The van der Waals surface area contributed by atoms with Gasteiger partial charge in [-0.1, -0.05) is 85.8 Å². The van der Waals surface area contributed by atoms with Crippen LogP contribution in [0.5, 0.6) is 5.75 Å². The average Bonchev–Trinajstić information content (AvgIpc) is 3.00. The van der Waals surface area contributed by atoms with Crippen molar-refractivity contribution in [3.8, 4) is 5.75 Å². The molecule has 4 rings (SSSR count). The van der Waals surface area contributed by atoms with E-state index in [4.69, 9.17) is 16.3 Å². The first-order valence-corrected chi connectivity index (χ1v) is 16.5. The van der Waals surface area contributed by atoms with Gasteiger partial charge in [0.05, 0.1) is 17.7 Å². The topological polar surface area (TPSA) is 96.0 Å². The van der Waals surface area contributed by atoms with Gasteiger partial charge in [0.2, 0.25) is 11.8 Å².